The predicted molar refractivity (Wildman–Crippen MR) is 116 cm³/mol. The third-order valence-electron chi connectivity index (χ3n) is 4.06. The Morgan fingerprint density at radius 2 is 1.93 bits per heavy atom. The average molecular weight is 443 g/mol. The zero-order valence-corrected chi connectivity index (χ0v) is 18.0. The van der Waals surface area contributed by atoms with Crippen LogP contribution in [0.5, 0.6) is 11.5 Å². The number of nitrogens with zero attached hydrogens (tertiary/aromatic N) is 2. The molecule has 6 heteroatoms. The van der Waals surface area contributed by atoms with E-state index in [1.54, 1.807) is 0 Å². The summed E-state index contributed by atoms with van der Waals surface area (Å²) in [6.07, 6.45) is 1.85. The van der Waals surface area contributed by atoms with Gasteiger partial charge in [-0.15, -0.1) is 0 Å². The van der Waals surface area contributed by atoms with Crippen molar-refractivity contribution in [3.8, 4) is 11.5 Å². The molecule has 0 saturated carbocycles. The van der Waals surface area contributed by atoms with Crippen LogP contribution < -0.4 is 14.5 Å². The van der Waals surface area contributed by atoms with E-state index in [1.807, 2.05) is 76.2 Å². The minimum Gasteiger partial charge on any atom is -0.490 e. The molecule has 0 unspecified atom stereocenters. The Hall–Kier alpha value is -2.60. The second-order valence-electron chi connectivity index (χ2n) is 6.63. The van der Waals surface area contributed by atoms with Crippen LogP contribution >= 0.6 is 15.9 Å². The topological polar surface area (TPSA) is 51.1 Å². The molecule has 1 aliphatic rings. The average Bonchev–Trinajstić information content (AvgIpc) is 2.93. The SMILES string of the molecule is CCOc1cc(/C=C2/C(=O)N(c3ccccc3)N=C2C)cc(Br)c1OC(C)C. The van der Waals surface area contributed by atoms with E-state index in [2.05, 4.69) is 21.0 Å². The molecule has 3 rings (SSSR count). The van der Waals surface area contributed by atoms with Gasteiger partial charge < -0.3 is 9.47 Å². The Labute approximate surface area is 173 Å². The summed E-state index contributed by atoms with van der Waals surface area (Å²) in [6, 6.07) is 13.2. The number of benzene rings is 2. The van der Waals surface area contributed by atoms with Crippen LogP contribution in [0.15, 0.2) is 57.6 Å². The van der Waals surface area contributed by atoms with Crippen LogP contribution in [0.2, 0.25) is 0 Å². The van der Waals surface area contributed by atoms with Crippen molar-refractivity contribution in [2.45, 2.75) is 33.8 Å². The van der Waals surface area contributed by atoms with E-state index in [1.165, 1.54) is 5.01 Å². The largest absolute Gasteiger partial charge is 0.490 e. The molecule has 0 N–H and O–H groups in total. The lowest BCUT2D eigenvalue weighted by molar-refractivity contribution is -0.114. The monoisotopic (exact) mass is 442 g/mol. The fraction of sp³-hybridized carbons (Fsp3) is 0.273. The van der Waals surface area contributed by atoms with E-state index in [0.29, 0.717) is 29.4 Å². The molecule has 1 aliphatic heterocycles. The van der Waals surface area contributed by atoms with E-state index < -0.39 is 0 Å². The lowest BCUT2D eigenvalue weighted by atomic mass is 10.1. The predicted octanol–water partition coefficient (Wildman–Crippen LogP) is 5.44. The van der Waals surface area contributed by atoms with Gasteiger partial charge in [0, 0.05) is 0 Å². The summed E-state index contributed by atoms with van der Waals surface area (Å²) >= 11 is 3.56. The number of carbonyl (C=O) groups is 1. The van der Waals surface area contributed by atoms with Crippen molar-refractivity contribution in [3.63, 3.8) is 0 Å². The standard InChI is InChI=1S/C22H23BrN2O3/c1-5-27-20-13-16(12-19(23)21(20)28-14(2)3)11-18-15(4)24-25(22(18)26)17-9-7-6-8-10-17/h6-14H,5H2,1-4H3/b18-11+. The Morgan fingerprint density at radius 1 is 1.21 bits per heavy atom. The number of para-hydroxylation sites is 1. The van der Waals surface area contributed by atoms with Crippen LogP contribution in [0.1, 0.15) is 33.3 Å². The van der Waals surface area contributed by atoms with E-state index >= 15 is 0 Å². The number of hydrogen-bond acceptors (Lipinski definition) is 4. The number of amides is 1. The van der Waals surface area contributed by atoms with Gasteiger partial charge in [-0.25, -0.2) is 0 Å². The molecule has 0 spiro atoms. The zero-order chi connectivity index (χ0) is 20.3. The number of ether oxygens (including phenoxy) is 2. The van der Waals surface area contributed by atoms with Crippen LogP contribution in [-0.4, -0.2) is 24.3 Å². The highest BCUT2D eigenvalue weighted by atomic mass is 79.9. The number of rotatable bonds is 6. The minimum absolute atomic E-state index is 0.0185. The van der Waals surface area contributed by atoms with Gasteiger partial charge in [-0.2, -0.15) is 10.1 Å². The Bertz CT molecular complexity index is 936. The summed E-state index contributed by atoms with van der Waals surface area (Å²) in [5.41, 5.74) is 2.80. The molecular weight excluding hydrogens is 420 g/mol. The fourth-order valence-corrected chi connectivity index (χ4v) is 3.43. The Kier molecular flexibility index (Phi) is 6.19. The number of anilines is 1. The van der Waals surface area contributed by atoms with Crippen molar-refractivity contribution in [3.05, 3.63) is 58.1 Å². The lowest BCUT2D eigenvalue weighted by Gasteiger charge is -2.17. The maximum atomic E-state index is 12.9. The Morgan fingerprint density at radius 3 is 2.57 bits per heavy atom. The van der Waals surface area contributed by atoms with E-state index in [9.17, 15) is 4.79 Å². The maximum Gasteiger partial charge on any atom is 0.280 e. The third-order valence-corrected chi connectivity index (χ3v) is 4.65. The Balaban J connectivity index is 1.97. The zero-order valence-electron chi connectivity index (χ0n) is 16.4. The third kappa shape index (κ3) is 4.28. The van der Waals surface area contributed by atoms with Crippen LogP contribution in [0.25, 0.3) is 6.08 Å². The minimum atomic E-state index is -0.153. The second kappa shape index (κ2) is 8.61. The lowest BCUT2D eigenvalue weighted by Crippen LogP contribution is -2.21. The number of hydrogen-bond donors (Lipinski definition) is 0. The molecule has 28 heavy (non-hydrogen) atoms. The number of halogens is 1. The first-order chi connectivity index (χ1) is 13.4. The first-order valence-corrected chi connectivity index (χ1v) is 9.99. The first kappa shape index (κ1) is 20.1. The quantitative estimate of drug-likeness (QED) is 0.559. The highest BCUT2D eigenvalue weighted by molar-refractivity contribution is 9.10. The molecule has 0 saturated heterocycles. The molecule has 1 amide bonds. The van der Waals surface area contributed by atoms with Crippen LogP contribution in [0.4, 0.5) is 5.69 Å². The van der Waals surface area contributed by atoms with Crippen molar-refractivity contribution in [2.24, 2.45) is 5.10 Å². The van der Waals surface area contributed by atoms with Gasteiger partial charge in [0.05, 0.1) is 34.2 Å². The van der Waals surface area contributed by atoms with Gasteiger partial charge in [-0.3, -0.25) is 4.79 Å². The summed E-state index contributed by atoms with van der Waals surface area (Å²) < 4.78 is 12.4. The highest BCUT2D eigenvalue weighted by Crippen LogP contribution is 2.38. The molecular formula is C22H23BrN2O3. The molecule has 2 aromatic rings. The molecule has 1 heterocycles. The maximum absolute atomic E-state index is 12.9. The molecule has 2 aromatic carbocycles. The fourth-order valence-electron chi connectivity index (χ4n) is 2.88. The number of hydrazone groups is 1. The van der Waals surface area contributed by atoms with Gasteiger partial charge in [0.25, 0.3) is 5.91 Å². The summed E-state index contributed by atoms with van der Waals surface area (Å²) in [5.74, 6) is 1.14. The molecule has 0 radical (unpaired) electrons. The molecule has 0 bridgehead atoms. The van der Waals surface area contributed by atoms with Crippen molar-refractivity contribution in [1.29, 1.82) is 0 Å². The molecule has 146 valence electrons. The van der Waals surface area contributed by atoms with Gasteiger partial charge >= 0.3 is 0 Å². The van der Waals surface area contributed by atoms with Crippen molar-refractivity contribution < 1.29 is 14.3 Å². The van der Waals surface area contributed by atoms with E-state index in [0.717, 1.165) is 15.7 Å². The normalized spacial score (nSPS) is 15.4. The van der Waals surface area contributed by atoms with Gasteiger partial charge in [-0.05, 0) is 79.5 Å². The molecule has 0 atom stereocenters. The van der Waals surface area contributed by atoms with Crippen LogP contribution in [0.3, 0.4) is 0 Å². The molecule has 5 nitrogen and oxygen atoms in total. The molecule has 0 aliphatic carbocycles. The summed E-state index contributed by atoms with van der Waals surface area (Å²) in [6.45, 7) is 8.21. The van der Waals surface area contributed by atoms with Gasteiger partial charge in [0.2, 0.25) is 0 Å². The van der Waals surface area contributed by atoms with Crippen LogP contribution in [-0.2, 0) is 4.79 Å². The molecule has 0 fully saturated rings. The smallest absolute Gasteiger partial charge is 0.280 e. The first-order valence-electron chi connectivity index (χ1n) is 9.20. The summed E-state index contributed by atoms with van der Waals surface area (Å²) in [4.78, 5) is 12.9. The number of carbonyl (C=O) groups excluding carboxylic acids is 1. The van der Waals surface area contributed by atoms with Crippen LogP contribution in [0, 0.1) is 0 Å². The van der Waals surface area contributed by atoms with E-state index in [-0.39, 0.29) is 12.0 Å². The van der Waals surface area contributed by atoms with Crippen molar-refractivity contribution >= 4 is 39.3 Å². The highest BCUT2D eigenvalue weighted by Gasteiger charge is 2.28. The van der Waals surface area contributed by atoms with Gasteiger partial charge in [-0.1, -0.05) is 18.2 Å². The van der Waals surface area contributed by atoms with Gasteiger partial charge in [0.15, 0.2) is 11.5 Å². The van der Waals surface area contributed by atoms with Crippen molar-refractivity contribution in [1.82, 2.24) is 0 Å². The van der Waals surface area contributed by atoms with Gasteiger partial charge in [0.1, 0.15) is 0 Å². The second-order valence-corrected chi connectivity index (χ2v) is 7.48. The van der Waals surface area contributed by atoms with Crippen molar-refractivity contribution in [2.75, 3.05) is 11.6 Å². The molecule has 0 aromatic heterocycles. The summed E-state index contributed by atoms with van der Waals surface area (Å²) in [5, 5.41) is 5.85. The van der Waals surface area contributed by atoms with E-state index in [4.69, 9.17) is 9.47 Å². The summed E-state index contributed by atoms with van der Waals surface area (Å²) in [7, 11) is 0.